The number of nitrogens with zero attached hydrogens (tertiary/aromatic N) is 2. The van der Waals surface area contributed by atoms with Gasteiger partial charge in [-0.05, 0) is 22.6 Å². The highest BCUT2D eigenvalue weighted by Crippen LogP contribution is 2.31. The fraction of sp³-hybridized carbons (Fsp3) is 0.250. The van der Waals surface area contributed by atoms with Crippen LogP contribution in [0.3, 0.4) is 0 Å². The normalized spacial score (nSPS) is 10.2. The Bertz CT molecular complexity index is 390. The van der Waals surface area contributed by atoms with Crippen molar-refractivity contribution in [3.05, 3.63) is 21.0 Å². The highest BCUT2D eigenvalue weighted by atomic mass is 127. The standard InChI is InChI=1S/C8H5F2IN2O/c9-8(10)4-3-13-5(1-2-12)7(14)6(4)11/h3,8,14H,1H2. The van der Waals surface area contributed by atoms with Gasteiger partial charge in [-0.15, -0.1) is 0 Å². The molecule has 1 aromatic heterocycles. The molecule has 1 N–H and O–H groups in total. The molecule has 6 heteroatoms. The van der Waals surface area contributed by atoms with Crippen molar-refractivity contribution in [2.24, 2.45) is 0 Å². The van der Waals surface area contributed by atoms with E-state index in [2.05, 4.69) is 4.98 Å². The van der Waals surface area contributed by atoms with Crippen molar-refractivity contribution in [2.75, 3.05) is 0 Å². The summed E-state index contributed by atoms with van der Waals surface area (Å²) in [6, 6.07) is 1.79. The Labute approximate surface area is 92.5 Å². The molecule has 74 valence electrons. The molecule has 0 atom stereocenters. The van der Waals surface area contributed by atoms with Crippen molar-refractivity contribution in [1.82, 2.24) is 4.98 Å². The van der Waals surface area contributed by atoms with Gasteiger partial charge in [0.25, 0.3) is 6.43 Å². The van der Waals surface area contributed by atoms with E-state index >= 15 is 0 Å². The Morgan fingerprint density at radius 3 is 2.79 bits per heavy atom. The maximum Gasteiger partial charge on any atom is 0.266 e. The zero-order valence-corrected chi connectivity index (χ0v) is 8.99. The SMILES string of the molecule is N#CCc1ncc(C(F)F)c(I)c1O. The summed E-state index contributed by atoms with van der Waals surface area (Å²) in [5, 5.41) is 17.8. The van der Waals surface area contributed by atoms with Crippen molar-refractivity contribution in [3.63, 3.8) is 0 Å². The first-order chi connectivity index (χ1) is 6.57. The Morgan fingerprint density at radius 2 is 2.29 bits per heavy atom. The van der Waals surface area contributed by atoms with Crippen LogP contribution in [0.25, 0.3) is 0 Å². The number of alkyl halides is 2. The van der Waals surface area contributed by atoms with Gasteiger partial charge in [0.15, 0.2) is 5.75 Å². The predicted octanol–water partition coefficient (Wildman–Crippen LogP) is 2.40. The molecule has 0 bridgehead atoms. The van der Waals surface area contributed by atoms with Crippen LogP contribution in [0.4, 0.5) is 8.78 Å². The number of hydrogen-bond donors (Lipinski definition) is 1. The van der Waals surface area contributed by atoms with Crippen LogP contribution in [0, 0.1) is 14.9 Å². The fourth-order valence-corrected chi connectivity index (χ4v) is 1.57. The van der Waals surface area contributed by atoms with Crippen molar-refractivity contribution in [3.8, 4) is 11.8 Å². The summed E-state index contributed by atoms with van der Waals surface area (Å²) in [4.78, 5) is 3.59. The third kappa shape index (κ3) is 2.09. The lowest BCUT2D eigenvalue weighted by atomic mass is 10.2. The van der Waals surface area contributed by atoms with E-state index in [-0.39, 0.29) is 27.0 Å². The van der Waals surface area contributed by atoms with Crippen LogP contribution in [0.15, 0.2) is 6.20 Å². The minimum absolute atomic E-state index is 0.0536. The zero-order valence-electron chi connectivity index (χ0n) is 6.84. The molecule has 1 heterocycles. The maximum absolute atomic E-state index is 12.3. The second kappa shape index (κ2) is 4.50. The van der Waals surface area contributed by atoms with Crippen molar-refractivity contribution in [1.29, 1.82) is 5.26 Å². The van der Waals surface area contributed by atoms with Gasteiger partial charge in [-0.2, -0.15) is 5.26 Å². The smallest absolute Gasteiger partial charge is 0.266 e. The van der Waals surface area contributed by atoms with Gasteiger partial charge in [-0.1, -0.05) is 0 Å². The summed E-state index contributed by atoms with van der Waals surface area (Å²) >= 11 is 1.61. The van der Waals surface area contributed by atoms with E-state index in [0.29, 0.717) is 0 Å². The molecule has 0 spiro atoms. The first kappa shape index (κ1) is 11.1. The second-order valence-electron chi connectivity index (χ2n) is 2.46. The molecule has 14 heavy (non-hydrogen) atoms. The molecule has 3 nitrogen and oxygen atoms in total. The van der Waals surface area contributed by atoms with E-state index < -0.39 is 6.43 Å². The van der Waals surface area contributed by atoms with E-state index in [4.69, 9.17) is 5.26 Å². The molecule has 0 aromatic carbocycles. The number of aromatic nitrogens is 1. The predicted molar refractivity (Wildman–Crippen MR) is 52.9 cm³/mol. The molecular formula is C8H5F2IN2O. The van der Waals surface area contributed by atoms with Crippen LogP contribution >= 0.6 is 22.6 Å². The Morgan fingerprint density at radius 1 is 1.64 bits per heavy atom. The second-order valence-corrected chi connectivity index (χ2v) is 3.54. The van der Waals surface area contributed by atoms with E-state index in [1.165, 1.54) is 0 Å². The van der Waals surface area contributed by atoms with Crippen LogP contribution in [0.5, 0.6) is 5.75 Å². The van der Waals surface area contributed by atoms with Gasteiger partial charge in [-0.25, -0.2) is 8.78 Å². The van der Waals surface area contributed by atoms with Crippen LogP contribution in [-0.2, 0) is 6.42 Å². The molecule has 0 radical (unpaired) electrons. The quantitative estimate of drug-likeness (QED) is 0.853. The third-order valence-electron chi connectivity index (χ3n) is 1.58. The number of rotatable bonds is 2. The lowest BCUT2D eigenvalue weighted by molar-refractivity contribution is 0.149. The number of halogens is 3. The lowest BCUT2D eigenvalue weighted by Gasteiger charge is -2.06. The van der Waals surface area contributed by atoms with Crippen LogP contribution < -0.4 is 0 Å². The largest absolute Gasteiger partial charge is 0.505 e. The summed E-state index contributed by atoms with van der Waals surface area (Å²) in [6.45, 7) is 0. The highest BCUT2D eigenvalue weighted by molar-refractivity contribution is 14.1. The first-order valence-corrected chi connectivity index (χ1v) is 4.67. The molecular weight excluding hydrogens is 305 g/mol. The topological polar surface area (TPSA) is 56.9 Å². The summed E-state index contributed by atoms with van der Waals surface area (Å²) in [5.74, 6) is -0.329. The summed E-state index contributed by atoms with van der Waals surface area (Å²) in [7, 11) is 0. The van der Waals surface area contributed by atoms with E-state index in [1.54, 1.807) is 28.7 Å². The fourth-order valence-electron chi connectivity index (χ4n) is 0.885. The summed E-state index contributed by atoms with van der Waals surface area (Å²) < 4.78 is 24.7. The number of nitriles is 1. The summed E-state index contributed by atoms with van der Waals surface area (Å²) in [6.07, 6.45) is -1.78. The molecule has 0 aliphatic carbocycles. The number of hydrogen-bond acceptors (Lipinski definition) is 3. The van der Waals surface area contributed by atoms with Crippen molar-refractivity contribution < 1.29 is 13.9 Å². The Balaban J connectivity index is 3.20. The van der Waals surface area contributed by atoms with Crippen LogP contribution in [0.2, 0.25) is 0 Å². The van der Waals surface area contributed by atoms with E-state index in [1.807, 2.05) is 0 Å². The van der Waals surface area contributed by atoms with Gasteiger partial charge < -0.3 is 5.11 Å². The molecule has 0 aliphatic rings. The average Bonchev–Trinajstić information content (AvgIpc) is 2.13. The van der Waals surface area contributed by atoms with Crippen LogP contribution in [-0.4, -0.2) is 10.1 Å². The molecule has 1 aromatic rings. The minimum Gasteiger partial charge on any atom is -0.505 e. The van der Waals surface area contributed by atoms with Gasteiger partial charge in [0.05, 0.1) is 27.3 Å². The average molecular weight is 310 g/mol. The molecule has 0 saturated heterocycles. The van der Waals surface area contributed by atoms with Gasteiger partial charge in [0.1, 0.15) is 0 Å². The van der Waals surface area contributed by atoms with Gasteiger partial charge in [0, 0.05) is 6.20 Å². The van der Waals surface area contributed by atoms with E-state index in [9.17, 15) is 13.9 Å². The Kier molecular flexibility index (Phi) is 3.57. The first-order valence-electron chi connectivity index (χ1n) is 3.59. The number of pyridine rings is 1. The molecule has 0 unspecified atom stereocenters. The highest BCUT2D eigenvalue weighted by Gasteiger charge is 2.17. The molecule has 0 amide bonds. The van der Waals surface area contributed by atoms with Crippen LogP contribution in [0.1, 0.15) is 17.7 Å². The molecule has 0 saturated carbocycles. The lowest BCUT2D eigenvalue weighted by Crippen LogP contribution is -1.97. The van der Waals surface area contributed by atoms with Gasteiger partial charge in [0.2, 0.25) is 0 Å². The summed E-state index contributed by atoms with van der Waals surface area (Å²) in [5.41, 5.74) is -0.189. The third-order valence-corrected chi connectivity index (χ3v) is 2.71. The maximum atomic E-state index is 12.3. The Hall–Kier alpha value is -0.970. The minimum atomic E-state index is -2.67. The molecule has 0 fully saturated rings. The molecule has 1 rings (SSSR count). The van der Waals surface area contributed by atoms with Gasteiger partial charge >= 0.3 is 0 Å². The zero-order chi connectivity index (χ0) is 10.7. The van der Waals surface area contributed by atoms with E-state index in [0.717, 1.165) is 6.20 Å². The molecule has 0 aliphatic heterocycles. The van der Waals surface area contributed by atoms with Gasteiger partial charge in [-0.3, -0.25) is 4.98 Å². The monoisotopic (exact) mass is 310 g/mol. The van der Waals surface area contributed by atoms with Crippen molar-refractivity contribution >= 4 is 22.6 Å². The number of aromatic hydroxyl groups is 1. The van der Waals surface area contributed by atoms with Crippen molar-refractivity contribution in [2.45, 2.75) is 12.8 Å².